The molecule has 0 atom stereocenters. The Morgan fingerprint density at radius 1 is 1.36 bits per heavy atom. The Morgan fingerprint density at radius 2 is 2.18 bits per heavy atom. The first-order valence-electron chi connectivity index (χ1n) is 6.76. The largest absolute Gasteiger partial charge is 0.363 e. The number of amides is 1. The highest BCUT2D eigenvalue weighted by atomic mass is 35.5. The topological polar surface area (TPSA) is 72.1 Å². The molecule has 0 fully saturated rings. The second-order valence-electron chi connectivity index (χ2n) is 5.16. The molecular formula is C15H13Cl2N4O. The Bertz CT molecular complexity index is 735. The molecule has 0 bridgehead atoms. The summed E-state index contributed by atoms with van der Waals surface area (Å²) in [5.41, 5.74) is 8.03. The van der Waals surface area contributed by atoms with Gasteiger partial charge in [-0.2, -0.15) is 0 Å². The Kier molecular flexibility index (Phi) is 4.29. The zero-order valence-corrected chi connectivity index (χ0v) is 13.2. The van der Waals surface area contributed by atoms with Crippen molar-refractivity contribution in [1.82, 2.24) is 14.9 Å². The molecule has 0 saturated heterocycles. The van der Waals surface area contributed by atoms with Crippen LogP contribution >= 0.6 is 23.2 Å². The number of carbonyl (C=O) groups is 1. The van der Waals surface area contributed by atoms with E-state index < -0.39 is 5.91 Å². The van der Waals surface area contributed by atoms with Crippen LogP contribution in [0.5, 0.6) is 0 Å². The lowest BCUT2D eigenvalue weighted by Gasteiger charge is -2.27. The normalized spacial score (nSPS) is 14.6. The van der Waals surface area contributed by atoms with Crippen LogP contribution in [-0.2, 0) is 19.5 Å². The van der Waals surface area contributed by atoms with Gasteiger partial charge in [0.15, 0.2) is 0 Å². The molecule has 3 rings (SSSR count). The zero-order valence-electron chi connectivity index (χ0n) is 11.6. The maximum absolute atomic E-state index is 11.2. The third kappa shape index (κ3) is 3.21. The van der Waals surface area contributed by atoms with E-state index in [1.165, 1.54) is 0 Å². The fourth-order valence-electron chi connectivity index (χ4n) is 2.44. The molecule has 113 valence electrons. The van der Waals surface area contributed by atoms with Gasteiger partial charge in [-0.05, 0) is 24.1 Å². The van der Waals surface area contributed by atoms with E-state index in [0.717, 1.165) is 36.3 Å². The molecule has 1 aromatic carbocycles. The zero-order chi connectivity index (χ0) is 15.7. The van der Waals surface area contributed by atoms with Gasteiger partial charge < -0.3 is 5.73 Å². The quantitative estimate of drug-likeness (QED) is 0.933. The Labute approximate surface area is 138 Å². The first-order valence-corrected chi connectivity index (χ1v) is 7.52. The molecule has 0 spiro atoms. The molecule has 0 saturated carbocycles. The summed E-state index contributed by atoms with van der Waals surface area (Å²) in [5, 5.41) is 1.09. The van der Waals surface area contributed by atoms with Gasteiger partial charge in [0, 0.05) is 25.2 Å². The summed E-state index contributed by atoms with van der Waals surface area (Å²) >= 11 is 12.0. The van der Waals surface area contributed by atoms with Crippen LogP contribution in [0.15, 0.2) is 18.2 Å². The van der Waals surface area contributed by atoms with Crippen LogP contribution in [0.2, 0.25) is 10.0 Å². The van der Waals surface area contributed by atoms with Gasteiger partial charge in [-0.1, -0.05) is 29.3 Å². The van der Waals surface area contributed by atoms with Crippen LogP contribution in [0, 0.1) is 6.20 Å². The van der Waals surface area contributed by atoms with Crippen molar-refractivity contribution in [2.24, 2.45) is 5.73 Å². The summed E-state index contributed by atoms with van der Waals surface area (Å²) in [5.74, 6) is -0.629. The molecule has 1 aromatic heterocycles. The standard InChI is InChI=1S/C15H13Cl2N4O/c16-11-2-1-9(5-12(11)17)7-21-4-3-10-6-19-15(14(18)22)20-13(10)8-21/h1-2,5H,3-4,7-8H2,(H2,18,22). The second-order valence-corrected chi connectivity index (χ2v) is 5.97. The van der Waals surface area contributed by atoms with Crippen LogP contribution in [0.3, 0.4) is 0 Å². The molecule has 2 aromatic rings. The van der Waals surface area contributed by atoms with Gasteiger partial charge in [-0.25, -0.2) is 9.97 Å². The number of benzene rings is 1. The van der Waals surface area contributed by atoms with E-state index in [1.54, 1.807) is 6.07 Å². The van der Waals surface area contributed by atoms with Crippen LogP contribution in [-0.4, -0.2) is 27.3 Å². The van der Waals surface area contributed by atoms with Crippen LogP contribution in [0.1, 0.15) is 27.4 Å². The highest BCUT2D eigenvalue weighted by Gasteiger charge is 2.20. The second kappa shape index (κ2) is 6.20. The van der Waals surface area contributed by atoms with E-state index in [1.807, 2.05) is 12.1 Å². The third-order valence-electron chi connectivity index (χ3n) is 3.55. The Hall–Kier alpha value is -1.69. The molecule has 1 aliphatic heterocycles. The average molecular weight is 336 g/mol. The lowest BCUT2D eigenvalue weighted by Crippen LogP contribution is -2.32. The summed E-state index contributed by atoms with van der Waals surface area (Å²) in [6.45, 7) is 2.21. The van der Waals surface area contributed by atoms with E-state index in [4.69, 9.17) is 28.9 Å². The Morgan fingerprint density at radius 3 is 2.91 bits per heavy atom. The van der Waals surface area contributed by atoms with Gasteiger partial charge in [0.05, 0.1) is 21.9 Å². The number of carbonyl (C=O) groups excluding carboxylic acids is 1. The molecular weight excluding hydrogens is 323 g/mol. The van der Waals surface area contributed by atoms with Crippen molar-refractivity contribution in [3.63, 3.8) is 0 Å². The number of fused-ring (bicyclic) bond motifs is 1. The van der Waals surface area contributed by atoms with Crippen molar-refractivity contribution in [2.45, 2.75) is 19.5 Å². The van der Waals surface area contributed by atoms with E-state index in [0.29, 0.717) is 16.6 Å². The molecule has 7 heteroatoms. The molecule has 0 unspecified atom stereocenters. The number of primary amides is 1. The van der Waals surface area contributed by atoms with Gasteiger partial charge >= 0.3 is 0 Å². The molecule has 1 aliphatic rings. The number of rotatable bonds is 3. The lowest BCUT2D eigenvalue weighted by atomic mass is 10.1. The van der Waals surface area contributed by atoms with Crippen molar-refractivity contribution in [3.8, 4) is 0 Å². The number of aromatic nitrogens is 2. The number of nitrogens with two attached hydrogens (primary N) is 1. The van der Waals surface area contributed by atoms with Gasteiger partial charge in [0.25, 0.3) is 5.91 Å². The SMILES string of the molecule is NC(=O)c1n[c]c2c(n1)CN(Cc1ccc(Cl)c(Cl)c1)CC2. The van der Waals surface area contributed by atoms with Gasteiger partial charge in [0.1, 0.15) is 0 Å². The van der Waals surface area contributed by atoms with Crippen LogP contribution < -0.4 is 5.73 Å². The lowest BCUT2D eigenvalue weighted by molar-refractivity contribution is 0.0989. The minimum absolute atomic E-state index is 0.00939. The first kappa shape index (κ1) is 15.2. The molecule has 0 aliphatic carbocycles. The van der Waals surface area contributed by atoms with Crippen molar-refractivity contribution < 1.29 is 4.79 Å². The molecule has 1 radical (unpaired) electrons. The molecule has 2 heterocycles. The Balaban J connectivity index is 1.77. The van der Waals surface area contributed by atoms with Crippen molar-refractivity contribution >= 4 is 29.1 Å². The summed E-state index contributed by atoms with van der Waals surface area (Å²) in [6, 6.07) is 5.60. The van der Waals surface area contributed by atoms with Crippen molar-refractivity contribution in [1.29, 1.82) is 0 Å². The van der Waals surface area contributed by atoms with E-state index >= 15 is 0 Å². The predicted molar refractivity (Wildman–Crippen MR) is 83.7 cm³/mol. The van der Waals surface area contributed by atoms with E-state index in [9.17, 15) is 4.79 Å². The number of halogens is 2. The van der Waals surface area contributed by atoms with Crippen LogP contribution in [0.25, 0.3) is 0 Å². The number of hydrogen-bond donors (Lipinski definition) is 1. The fourth-order valence-corrected chi connectivity index (χ4v) is 2.76. The predicted octanol–water partition coefficient (Wildman–Crippen LogP) is 2.24. The smallest absolute Gasteiger partial charge is 0.286 e. The summed E-state index contributed by atoms with van der Waals surface area (Å²) in [7, 11) is 0. The maximum Gasteiger partial charge on any atom is 0.286 e. The average Bonchev–Trinajstić information content (AvgIpc) is 2.50. The summed E-state index contributed by atoms with van der Waals surface area (Å²) in [6.07, 6.45) is 3.65. The van der Waals surface area contributed by atoms with E-state index in [-0.39, 0.29) is 5.82 Å². The minimum Gasteiger partial charge on any atom is -0.363 e. The van der Waals surface area contributed by atoms with Gasteiger partial charge in [-0.15, -0.1) is 0 Å². The fraction of sp³-hybridized carbons (Fsp3) is 0.267. The van der Waals surface area contributed by atoms with Gasteiger partial charge in [0.2, 0.25) is 5.82 Å². The number of nitrogens with zero attached hydrogens (tertiary/aromatic N) is 3. The third-order valence-corrected chi connectivity index (χ3v) is 4.29. The van der Waals surface area contributed by atoms with Crippen LogP contribution in [0.4, 0.5) is 0 Å². The first-order chi connectivity index (χ1) is 10.5. The number of hydrogen-bond acceptors (Lipinski definition) is 4. The molecule has 2 N–H and O–H groups in total. The van der Waals surface area contributed by atoms with E-state index in [2.05, 4.69) is 21.1 Å². The monoisotopic (exact) mass is 335 g/mol. The highest BCUT2D eigenvalue weighted by Crippen LogP contribution is 2.24. The van der Waals surface area contributed by atoms with Crippen molar-refractivity contribution in [2.75, 3.05) is 6.54 Å². The van der Waals surface area contributed by atoms with Crippen molar-refractivity contribution in [3.05, 3.63) is 57.1 Å². The molecule has 22 heavy (non-hydrogen) atoms. The highest BCUT2D eigenvalue weighted by molar-refractivity contribution is 6.42. The summed E-state index contributed by atoms with van der Waals surface area (Å²) < 4.78 is 0. The summed E-state index contributed by atoms with van der Waals surface area (Å²) in [4.78, 5) is 21.5. The molecule has 5 nitrogen and oxygen atoms in total. The maximum atomic E-state index is 11.2. The molecule has 1 amide bonds. The minimum atomic E-state index is -0.638. The van der Waals surface area contributed by atoms with Gasteiger partial charge in [-0.3, -0.25) is 9.69 Å².